The van der Waals surface area contributed by atoms with Gasteiger partial charge in [0.05, 0.1) is 22.3 Å². The molecule has 3 aromatic heterocycles. The van der Waals surface area contributed by atoms with E-state index in [9.17, 15) is 4.79 Å². The number of H-pyrrole nitrogens is 1. The van der Waals surface area contributed by atoms with E-state index in [0.717, 1.165) is 24.0 Å². The molecule has 146 valence electrons. The molecule has 3 aromatic rings. The van der Waals surface area contributed by atoms with Crippen LogP contribution in [0.3, 0.4) is 0 Å². The van der Waals surface area contributed by atoms with E-state index in [2.05, 4.69) is 37.3 Å². The van der Waals surface area contributed by atoms with Crippen LogP contribution in [-0.4, -0.2) is 54.7 Å². The summed E-state index contributed by atoms with van der Waals surface area (Å²) in [6.07, 6.45) is 7.46. The lowest BCUT2D eigenvalue weighted by Gasteiger charge is -2.17. The Morgan fingerprint density at radius 1 is 1.50 bits per heavy atom. The Balaban J connectivity index is 1.60. The van der Waals surface area contributed by atoms with Gasteiger partial charge in [-0.2, -0.15) is 15.1 Å². The number of anilines is 3. The zero-order valence-electron chi connectivity index (χ0n) is 15.4. The largest absolute Gasteiger partial charge is 0.365 e. The lowest BCUT2D eigenvalue weighted by atomic mass is 10.2. The summed E-state index contributed by atoms with van der Waals surface area (Å²) in [6, 6.07) is 0.0728. The highest BCUT2D eigenvalue weighted by molar-refractivity contribution is 6.36. The molecule has 4 rings (SSSR count). The monoisotopic (exact) mass is 400 g/mol. The van der Waals surface area contributed by atoms with E-state index in [1.807, 2.05) is 17.8 Å². The molecule has 1 atom stereocenters. The average Bonchev–Trinajstić information content (AvgIpc) is 3.42. The molecule has 0 radical (unpaired) electrons. The smallest absolute Gasteiger partial charge is 0.246 e. The van der Waals surface area contributed by atoms with Crippen molar-refractivity contribution in [2.45, 2.75) is 25.9 Å². The zero-order chi connectivity index (χ0) is 19.7. The standard InChI is InChI=1S/C18H21ClN8O/c1-3-14(28)26-6-5-11(9-26)22-17-15-13(19)8-20-16(15)24-18(25-17)23-12-7-21-27(4-2)10-12/h3,7-8,10-11H,1,4-6,9H2,2H3,(H3,20,22,23,24,25)/t11-/m1/s1. The maximum atomic E-state index is 11.8. The Labute approximate surface area is 166 Å². The molecule has 9 nitrogen and oxygen atoms in total. The van der Waals surface area contributed by atoms with Crippen LogP contribution in [0.1, 0.15) is 13.3 Å². The number of aromatic amines is 1. The molecule has 0 unspecified atom stereocenters. The van der Waals surface area contributed by atoms with Crippen LogP contribution in [0.4, 0.5) is 17.5 Å². The van der Waals surface area contributed by atoms with E-state index in [-0.39, 0.29) is 11.9 Å². The molecule has 10 heteroatoms. The number of nitrogens with zero attached hydrogens (tertiary/aromatic N) is 5. The quantitative estimate of drug-likeness (QED) is 0.550. The molecule has 28 heavy (non-hydrogen) atoms. The minimum atomic E-state index is -0.0629. The van der Waals surface area contributed by atoms with Gasteiger partial charge >= 0.3 is 0 Å². The highest BCUT2D eigenvalue weighted by atomic mass is 35.5. The SMILES string of the molecule is C=CC(=O)N1CC[C@@H](Nc2nc(Nc3cnn(CC)c3)nc3[nH]cc(Cl)c23)C1. The van der Waals surface area contributed by atoms with Crippen LogP contribution < -0.4 is 10.6 Å². The summed E-state index contributed by atoms with van der Waals surface area (Å²) in [5, 5.41) is 12.1. The molecule has 0 spiro atoms. The third-order valence-corrected chi connectivity index (χ3v) is 5.01. The van der Waals surface area contributed by atoms with Crippen molar-refractivity contribution in [2.24, 2.45) is 0 Å². The Hall–Kier alpha value is -3.07. The summed E-state index contributed by atoms with van der Waals surface area (Å²) in [5.41, 5.74) is 1.43. The number of halogens is 1. The Kier molecular flexibility index (Phi) is 4.91. The predicted molar refractivity (Wildman–Crippen MR) is 109 cm³/mol. The number of likely N-dealkylation sites (tertiary alicyclic amines) is 1. The van der Waals surface area contributed by atoms with Crippen molar-refractivity contribution in [2.75, 3.05) is 23.7 Å². The lowest BCUT2D eigenvalue weighted by Crippen LogP contribution is -2.30. The fourth-order valence-electron chi connectivity index (χ4n) is 3.29. The third-order valence-electron chi connectivity index (χ3n) is 4.71. The number of fused-ring (bicyclic) bond motifs is 1. The molecule has 1 fully saturated rings. The Morgan fingerprint density at radius 2 is 2.36 bits per heavy atom. The van der Waals surface area contributed by atoms with Crippen molar-refractivity contribution in [1.29, 1.82) is 0 Å². The average molecular weight is 401 g/mol. The lowest BCUT2D eigenvalue weighted by molar-refractivity contribution is -0.125. The van der Waals surface area contributed by atoms with E-state index in [1.165, 1.54) is 6.08 Å². The number of amides is 1. The van der Waals surface area contributed by atoms with Crippen molar-refractivity contribution < 1.29 is 4.79 Å². The van der Waals surface area contributed by atoms with Crippen LogP contribution in [0.5, 0.6) is 0 Å². The molecule has 1 aliphatic rings. The number of hydrogen-bond donors (Lipinski definition) is 3. The van der Waals surface area contributed by atoms with E-state index >= 15 is 0 Å². The first-order chi connectivity index (χ1) is 13.6. The van der Waals surface area contributed by atoms with Gasteiger partial charge in [0, 0.05) is 38.1 Å². The second kappa shape index (κ2) is 7.51. The van der Waals surface area contributed by atoms with Gasteiger partial charge < -0.3 is 20.5 Å². The van der Waals surface area contributed by atoms with E-state index < -0.39 is 0 Å². The van der Waals surface area contributed by atoms with Gasteiger partial charge in [0.15, 0.2) is 0 Å². The maximum Gasteiger partial charge on any atom is 0.246 e. The number of aromatic nitrogens is 5. The number of aryl methyl sites for hydroxylation is 1. The van der Waals surface area contributed by atoms with Gasteiger partial charge in [0.1, 0.15) is 11.5 Å². The summed E-state index contributed by atoms with van der Waals surface area (Å²) >= 11 is 6.34. The van der Waals surface area contributed by atoms with Gasteiger partial charge in [-0.3, -0.25) is 9.48 Å². The van der Waals surface area contributed by atoms with Crippen LogP contribution in [0.25, 0.3) is 11.0 Å². The first kappa shape index (κ1) is 18.3. The molecular formula is C18H21ClN8O. The summed E-state index contributed by atoms with van der Waals surface area (Å²) < 4.78 is 1.81. The van der Waals surface area contributed by atoms with Crippen LogP contribution in [0.2, 0.25) is 5.02 Å². The molecule has 0 aromatic carbocycles. The fourth-order valence-corrected chi connectivity index (χ4v) is 3.52. The van der Waals surface area contributed by atoms with E-state index in [1.54, 1.807) is 17.3 Å². The highest BCUT2D eigenvalue weighted by Gasteiger charge is 2.26. The van der Waals surface area contributed by atoms with Gasteiger partial charge in [-0.1, -0.05) is 18.2 Å². The molecular weight excluding hydrogens is 380 g/mol. The fraction of sp³-hybridized carbons (Fsp3) is 0.333. The number of nitrogens with one attached hydrogen (secondary N) is 3. The van der Waals surface area contributed by atoms with Gasteiger partial charge in [-0.25, -0.2) is 0 Å². The summed E-state index contributed by atoms with van der Waals surface area (Å²) in [7, 11) is 0. The van der Waals surface area contributed by atoms with Crippen molar-refractivity contribution in [3.05, 3.63) is 36.3 Å². The molecule has 3 N–H and O–H groups in total. The Bertz CT molecular complexity index is 1030. The number of carbonyl (C=O) groups excluding carboxylic acids is 1. The summed E-state index contributed by atoms with van der Waals surface area (Å²) in [6.45, 7) is 7.62. The number of carbonyl (C=O) groups is 1. The topological polar surface area (TPSA) is 104 Å². The second-order valence-corrected chi connectivity index (χ2v) is 6.99. The molecule has 1 aliphatic heterocycles. The predicted octanol–water partition coefficient (Wildman–Crippen LogP) is 2.77. The van der Waals surface area contributed by atoms with Gasteiger partial charge in [0.2, 0.25) is 11.9 Å². The van der Waals surface area contributed by atoms with Crippen molar-refractivity contribution in [3.8, 4) is 0 Å². The van der Waals surface area contributed by atoms with Crippen molar-refractivity contribution in [3.63, 3.8) is 0 Å². The molecule has 0 saturated carbocycles. The van der Waals surface area contributed by atoms with Gasteiger partial charge in [-0.15, -0.1) is 0 Å². The normalized spacial score (nSPS) is 16.5. The van der Waals surface area contributed by atoms with Crippen molar-refractivity contribution >= 4 is 46.0 Å². The van der Waals surface area contributed by atoms with E-state index in [4.69, 9.17) is 11.6 Å². The van der Waals surface area contributed by atoms with Crippen LogP contribution in [0, 0.1) is 0 Å². The van der Waals surface area contributed by atoms with Crippen LogP contribution in [0.15, 0.2) is 31.2 Å². The summed E-state index contributed by atoms with van der Waals surface area (Å²) in [4.78, 5) is 25.8. The molecule has 4 heterocycles. The number of hydrogen-bond acceptors (Lipinski definition) is 6. The molecule has 1 amide bonds. The van der Waals surface area contributed by atoms with Gasteiger partial charge in [0.25, 0.3) is 0 Å². The first-order valence-corrected chi connectivity index (χ1v) is 9.47. The molecule has 0 aliphatic carbocycles. The summed E-state index contributed by atoms with van der Waals surface area (Å²) in [5.74, 6) is 0.993. The van der Waals surface area contributed by atoms with Crippen LogP contribution in [-0.2, 0) is 11.3 Å². The second-order valence-electron chi connectivity index (χ2n) is 6.58. The molecule has 1 saturated heterocycles. The van der Waals surface area contributed by atoms with Crippen molar-refractivity contribution in [1.82, 2.24) is 29.6 Å². The molecule has 0 bridgehead atoms. The first-order valence-electron chi connectivity index (χ1n) is 9.09. The van der Waals surface area contributed by atoms with E-state index in [0.29, 0.717) is 35.5 Å². The number of rotatable bonds is 6. The Morgan fingerprint density at radius 3 is 3.11 bits per heavy atom. The zero-order valence-corrected chi connectivity index (χ0v) is 16.2. The van der Waals surface area contributed by atoms with Crippen LogP contribution >= 0.6 is 11.6 Å². The minimum Gasteiger partial charge on any atom is -0.365 e. The minimum absolute atomic E-state index is 0.0629. The maximum absolute atomic E-state index is 11.8. The third kappa shape index (κ3) is 3.53. The highest BCUT2D eigenvalue weighted by Crippen LogP contribution is 2.31. The van der Waals surface area contributed by atoms with Gasteiger partial charge in [-0.05, 0) is 19.4 Å².